The molecule has 2 heterocycles. The number of amides is 2. The van der Waals surface area contributed by atoms with Crippen LogP contribution in [0.25, 0.3) is 0 Å². The number of thiophene rings is 1. The van der Waals surface area contributed by atoms with Gasteiger partial charge < -0.3 is 5.32 Å². The smallest absolute Gasteiger partial charge is 0.243 e. The second-order valence-corrected chi connectivity index (χ2v) is 7.46. The zero-order valence-electron chi connectivity index (χ0n) is 13.6. The fourth-order valence-electron chi connectivity index (χ4n) is 2.54. The van der Waals surface area contributed by atoms with Crippen molar-refractivity contribution >= 4 is 40.5 Å². The van der Waals surface area contributed by atoms with Crippen molar-refractivity contribution in [3.8, 4) is 0 Å². The van der Waals surface area contributed by atoms with Crippen LogP contribution < -0.4 is 5.32 Å². The normalized spacial score (nSPS) is 13.6. The van der Waals surface area contributed by atoms with Crippen molar-refractivity contribution in [2.45, 2.75) is 25.8 Å². The third-order valence-electron chi connectivity index (χ3n) is 3.85. The first-order valence-corrected chi connectivity index (χ1v) is 9.25. The van der Waals surface area contributed by atoms with Crippen LogP contribution in [0.4, 0.5) is 0 Å². The van der Waals surface area contributed by atoms with Gasteiger partial charge in [-0.1, -0.05) is 41.9 Å². The van der Waals surface area contributed by atoms with Crippen LogP contribution in [0.15, 0.2) is 47.6 Å². The number of carbonyl (C=O) groups excluding carboxylic acids is 2. The largest absolute Gasteiger partial charge is 0.351 e. The summed E-state index contributed by atoms with van der Waals surface area (Å²) in [4.78, 5) is 25.1. The molecule has 7 heteroatoms. The van der Waals surface area contributed by atoms with Crippen LogP contribution in [0.3, 0.4) is 0 Å². The van der Waals surface area contributed by atoms with Gasteiger partial charge in [0.05, 0.1) is 23.1 Å². The van der Waals surface area contributed by atoms with Crippen LogP contribution in [0, 0.1) is 0 Å². The number of hydrogen-bond donors (Lipinski definition) is 1. The van der Waals surface area contributed by atoms with Crippen molar-refractivity contribution in [1.82, 2.24) is 10.3 Å². The Labute approximate surface area is 155 Å². The van der Waals surface area contributed by atoms with Gasteiger partial charge in [0.25, 0.3) is 0 Å². The number of hydrazone groups is 1. The molecule has 0 saturated heterocycles. The number of benzene rings is 1. The summed E-state index contributed by atoms with van der Waals surface area (Å²) in [5.41, 5.74) is 1.94. The lowest BCUT2D eigenvalue weighted by Crippen LogP contribution is -2.27. The Hall–Kier alpha value is -2.18. The molecule has 3 rings (SSSR count). The maximum atomic E-state index is 12.2. The van der Waals surface area contributed by atoms with Crippen molar-refractivity contribution in [2.75, 3.05) is 6.54 Å². The zero-order chi connectivity index (χ0) is 17.6. The van der Waals surface area contributed by atoms with E-state index in [1.54, 1.807) is 6.07 Å². The number of hydrogen-bond acceptors (Lipinski definition) is 4. The molecule has 0 fully saturated rings. The van der Waals surface area contributed by atoms with Gasteiger partial charge in [0.15, 0.2) is 0 Å². The van der Waals surface area contributed by atoms with Crippen molar-refractivity contribution in [1.29, 1.82) is 0 Å². The van der Waals surface area contributed by atoms with Crippen molar-refractivity contribution in [2.24, 2.45) is 5.10 Å². The Morgan fingerprint density at radius 3 is 2.68 bits per heavy atom. The Kier molecular flexibility index (Phi) is 5.83. The van der Waals surface area contributed by atoms with E-state index < -0.39 is 0 Å². The highest BCUT2D eigenvalue weighted by molar-refractivity contribution is 7.16. The Morgan fingerprint density at radius 2 is 1.96 bits per heavy atom. The van der Waals surface area contributed by atoms with E-state index in [0.717, 1.165) is 22.6 Å². The molecular formula is C18H18ClN3O2S. The molecule has 2 aromatic rings. The molecule has 1 aliphatic rings. The molecule has 0 radical (unpaired) electrons. The standard InChI is InChI=1S/C18H18ClN3O2S/c19-16-7-6-14(25-16)12-20-17(23)8-9-18(24)22-11-10-15(21-22)13-4-2-1-3-5-13/h1-7H,8-12H2,(H,20,23). The Morgan fingerprint density at radius 1 is 1.16 bits per heavy atom. The first-order chi connectivity index (χ1) is 12.1. The maximum Gasteiger partial charge on any atom is 0.243 e. The molecule has 5 nitrogen and oxygen atoms in total. The van der Waals surface area contributed by atoms with Crippen molar-refractivity contribution in [3.63, 3.8) is 0 Å². The SMILES string of the molecule is O=C(CCC(=O)N1CCC(c2ccccc2)=N1)NCc1ccc(Cl)s1. The lowest BCUT2D eigenvalue weighted by Gasteiger charge is -2.11. The third kappa shape index (κ3) is 4.90. The minimum Gasteiger partial charge on any atom is -0.351 e. The first-order valence-electron chi connectivity index (χ1n) is 8.06. The second kappa shape index (κ2) is 8.27. The fraction of sp³-hybridized carbons (Fsp3) is 0.278. The fourth-order valence-corrected chi connectivity index (χ4v) is 3.57. The predicted molar refractivity (Wildman–Crippen MR) is 99.7 cm³/mol. The average molecular weight is 376 g/mol. The summed E-state index contributed by atoms with van der Waals surface area (Å²) in [5, 5.41) is 8.65. The molecule has 1 aliphatic heterocycles. The van der Waals surface area contributed by atoms with Crippen LogP contribution >= 0.6 is 22.9 Å². The Bertz CT molecular complexity index is 789. The van der Waals surface area contributed by atoms with Crippen LogP contribution in [-0.4, -0.2) is 29.1 Å². The number of carbonyl (C=O) groups is 2. The summed E-state index contributed by atoms with van der Waals surface area (Å²) in [6, 6.07) is 13.5. The van der Waals surface area contributed by atoms with E-state index >= 15 is 0 Å². The van der Waals surface area contributed by atoms with Crippen LogP contribution in [0.1, 0.15) is 29.7 Å². The average Bonchev–Trinajstić information content (AvgIpc) is 3.28. The molecule has 0 aliphatic carbocycles. The predicted octanol–water partition coefficient (Wildman–Crippen LogP) is 3.43. The van der Waals surface area contributed by atoms with Crippen molar-refractivity contribution in [3.05, 3.63) is 57.2 Å². The highest BCUT2D eigenvalue weighted by Crippen LogP contribution is 2.21. The van der Waals surface area contributed by atoms with E-state index in [9.17, 15) is 9.59 Å². The highest BCUT2D eigenvalue weighted by atomic mass is 35.5. The van der Waals surface area contributed by atoms with E-state index in [1.807, 2.05) is 36.4 Å². The number of nitrogens with one attached hydrogen (secondary N) is 1. The summed E-state index contributed by atoms with van der Waals surface area (Å²) in [6.45, 7) is 1.00. The maximum absolute atomic E-state index is 12.2. The van der Waals surface area contributed by atoms with Gasteiger partial charge in [-0.15, -0.1) is 11.3 Å². The molecule has 25 heavy (non-hydrogen) atoms. The molecule has 0 bridgehead atoms. The zero-order valence-corrected chi connectivity index (χ0v) is 15.1. The van der Waals surface area contributed by atoms with E-state index in [0.29, 0.717) is 17.4 Å². The molecule has 1 aromatic carbocycles. The van der Waals surface area contributed by atoms with Crippen LogP contribution in [0.2, 0.25) is 4.34 Å². The summed E-state index contributed by atoms with van der Waals surface area (Å²) in [7, 11) is 0. The molecule has 1 N–H and O–H groups in total. The summed E-state index contributed by atoms with van der Waals surface area (Å²) < 4.78 is 0.695. The minimum absolute atomic E-state index is 0.125. The van der Waals surface area contributed by atoms with E-state index in [2.05, 4.69) is 10.4 Å². The van der Waals surface area contributed by atoms with Gasteiger partial charge in [-0.25, -0.2) is 5.01 Å². The summed E-state index contributed by atoms with van der Waals surface area (Å²) >= 11 is 7.28. The summed E-state index contributed by atoms with van der Waals surface area (Å²) in [5.74, 6) is -0.274. The molecule has 0 unspecified atom stereocenters. The van der Waals surface area contributed by atoms with Gasteiger partial charge in [-0.05, 0) is 17.7 Å². The molecule has 0 spiro atoms. The number of nitrogens with zero attached hydrogens (tertiary/aromatic N) is 2. The topological polar surface area (TPSA) is 61.8 Å². The lowest BCUT2D eigenvalue weighted by molar-refractivity contribution is -0.133. The first kappa shape index (κ1) is 17.6. The van der Waals surface area contributed by atoms with Crippen molar-refractivity contribution < 1.29 is 9.59 Å². The summed E-state index contributed by atoms with van der Waals surface area (Å²) in [6.07, 6.45) is 1.05. The van der Waals surface area contributed by atoms with E-state index in [-0.39, 0.29) is 24.7 Å². The third-order valence-corrected chi connectivity index (χ3v) is 5.08. The lowest BCUT2D eigenvalue weighted by atomic mass is 10.1. The molecule has 2 amide bonds. The highest BCUT2D eigenvalue weighted by Gasteiger charge is 2.21. The van der Waals surface area contributed by atoms with Gasteiger partial charge >= 0.3 is 0 Å². The Balaban J connectivity index is 1.45. The molecule has 0 saturated carbocycles. The second-order valence-electron chi connectivity index (χ2n) is 5.66. The van der Waals surface area contributed by atoms with Crippen LogP contribution in [-0.2, 0) is 16.1 Å². The van der Waals surface area contributed by atoms with Gasteiger partial charge in [0.2, 0.25) is 11.8 Å². The minimum atomic E-state index is -0.149. The van der Waals surface area contributed by atoms with Gasteiger partial charge in [0.1, 0.15) is 0 Å². The molecule has 0 atom stereocenters. The van der Waals surface area contributed by atoms with Crippen LogP contribution in [0.5, 0.6) is 0 Å². The number of halogens is 1. The number of rotatable bonds is 6. The van der Waals surface area contributed by atoms with E-state index in [4.69, 9.17) is 11.6 Å². The van der Waals surface area contributed by atoms with Gasteiger partial charge in [-0.2, -0.15) is 5.10 Å². The quantitative estimate of drug-likeness (QED) is 0.840. The molecule has 130 valence electrons. The van der Waals surface area contributed by atoms with E-state index in [1.165, 1.54) is 16.3 Å². The monoisotopic (exact) mass is 375 g/mol. The van der Waals surface area contributed by atoms with Gasteiger partial charge in [-0.3, -0.25) is 9.59 Å². The molecular weight excluding hydrogens is 358 g/mol. The van der Waals surface area contributed by atoms with Gasteiger partial charge in [0, 0.05) is 24.1 Å². The molecule has 1 aromatic heterocycles.